The predicted molar refractivity (Wildman–Crippen MR) is 129 cm³/mol. The molecule has 2 aliphatic carbocycles. The smallest absolute Gasteiger partial charge is 0.407 e. The van der Waals surface area contributed by atoms with Gasteiger partial charge in [0.2, 0.25) is 0 Å². The number of nitrogen functional groups attached to an aromatic ring is 1. The molecular weight excluding hydrogens is 434 g/mol. The van der Waals surface area contributed by atoms with E-state index in [0.29, 0.717) is 17.3 Å². The Balaban J connectivity index is 1.48. The second kappa shape index (κ2) is 8.77. The fraction of sp³-hybridized carbons (Fsp3) is 0.520. The molecule has 1 amide bonds. The van der Waals surface area contributed by atoms with Crippen LogP contribution in [-0.2, 0) is 10.2 Å². The number of fused-ring (bicyclic) bond motifs is 3. The standard InChI is InChI=1S/C25H33N5O4/c1-24(2,3)34-23(31)29-14-6-8-15(9-7-14)33-16-10-11-17-18(12-16)21(30-32)25(4,5)19-20(17)27-13-28-22(19)26/h10-15,32H,6-9H2,1-5H3,(H,29,31)(H2,26,27,28). The Morgan fingerprint density at radius 2 is 1.88 bits per heavy atom. The first-order valence-corrected chi connectivity index (χ1v) is 11.6. The van der Waals surface area contributed by atoms with Crippen LogP contribution in [0.3, 0.4) is 0 Å². The summed E-state index contributed by atoms with van der Waals surface area (Å²) < 4.78 is 11.6. The van der Waals surface area contributed by atoms with Crippen LogP contribution in [-0.4, -0.2) is 44.7 Å². The molecule has 182 valence electrons. The molecule has 1 aromatic heterocycles. The Hall–Kier alpha value is -3.36. The number of hydrogen-bond acceptors (Lipinski definition) is 8. The van der Waals surface area contributed by atoms with E-state index < -0.39 is 11.0 Å². The molecule has 0 aliphatic heterocycles. The molecule has 0 radical (unpaired) electrons. The van der Waals surface area contributed by atoms with Crippen molar-refractivity contribution in [2.75, 3.05) is 5.73 Å². The van der Waals surface area contributed by atoms with E-state index in [1.54, 1.807) is 0 Å². The maximum absolute atomic E-state index is 12.0. The lowest BCUT2D eigenvalue weighted by Crippen LogP contribution is -2.42. The zero-order valence-corrected chi connectivity index (χ0v) is 20.4. The number of nitrogens with two attached hydrogens (primary N) is 1. The minimum absolute atomic E-state index is 0.0334. The number of oxime groups is 1. The van der Waals surface area contributed by atoms with Gasteiger partial charge < -0.3 is 25.7 Å². The number of aromatic nitrogens is 2. The summed E-state index contributed by atoms with van der Waals surface area (Å²) >= 11 is 0. The highest BCUT2D eigenvalue weighted by atomic mass is 16.6. The first-order valence-electron chi connectivity index (χ1n) is 11.6. The number of benzene rings is 1. The van der Waals surface area contributed by atoms with E-state index in [-0.39, 0.29) is 18.2 Å². The summed E-state index contributed by atoms with van der Waals surface area (Å²) in [6, 6.07) is 5.80. The van der Waals surface area contributed by atoms with Crippen LogP contribution in [0.5, 0.6) is 5.75 Å². The van der Waals surface area contributed by atoms with E-state index in [1.807, 2.05) is 52.8 Å². The van der Waals surface area contributed by atoms with Crippen molar-refractivity contribution in [1.29, 1.82) is 0 Å². The summed E-state index contributed by atoms with van der Waals surface area (Å²) in [7, 11) is 0. The van der Waals surface area contributed by atoms with Crippen molar-refractivity contribution in [3.05, 3.63) is 35.7 Å². The van der Waals surface area contributed by atoms with Crippen LogP contribution in [0.4, 0.5) is 10.6 Å². The maximum atomic E-state index is 12.0. The number of nitrogens with zero attached hydrogens (tertiary/aromatic N) is 3. The van der Waals surface area contributed by atoms with Gasteiger partial charge in [0.1, 0.15) is 23.5 Å². The SMILES string of the molecule is CC(C)(C)OC(=O)NC1CCC(Oc2ccc3c(c2)C(=NO)C(C)(C)c2c(N)ncnc2-3)CC1. The fourth-order valence-corrected chi connectivity index (χ4v) is 4.84. The molecule has 0 atom stereocenters. The van der Waals surface area contributed by atoms with Crippen molar-refractivity contribution < 1.29 is 19.5 Å². The molecule has 4 rings (SSSR count). The highest BCUT2D eigenvalue weighted by molar-refractivity contribution is 6.15. The predicted octanol–water partition coefficient (Wildman–Crippen LogP) is 4.41. The first-order chi connectivity index (χ1) is 16.0. The number of anilines is 1. The third kappa shape index (κ3) is 4.64. The number of carbonyl (C=O) groups is 1. The molecule has 34 heavy (non-hydrogen) atoms. The van der Waals surface area contributed by atoms with Crippen LogP contribution in [0.1, 0.15) is 71.4 Å². The average molecular weight is 468 g/mol. The average Bonchev–Trinajstić information content (AvgIpc) is 2.73. The molecule has 1 aromatic carbocycles. The molecule has 9 heteroatoms. The summed E-state index contributed by atoms with van der Waals surface area (Å²) in [4.78, 5) is 20.7. The van der Waals surface area contributed by atoms with Crippen molar-refractivity contribution in [2.24, 2.45) is 5.16 Å². The Morgan fingerprint density at radius 1 is 1.18 bits per heavy atom. The monoisotopic (exact) mass is 467 g/mol. The molecule has 0 bridgehead atoms. The Labute approximate surface area is 199 Å². The van der Waals surface area contributed by atoms with Gasteiger partial charge in [-0.25, -0.2) is 14.8 Å². The van der Waals surface area contributed by atoms with Gasteiger partial charge >= 0.3 is 6.09 Å². The summed E-state index contributed by atoms with van der Waals surface area (Å²) in [6.45, 7) is 9.44. The lowest BCUT2D eigenvalue weighted by Gasteiger charge is -2.35. The molecule has 1 fully saturated rings. The fourth-order valence-electron chi connectivity index (χ4n) is 4.84. The second-order valence-electron chi connectivity index (χ2n) is 10.5. The number of amides is 1. The summed E-state index contributed by atoms with van der Waals surface area (Å²) in [5, 5.41) is 16.5. The normalized spacial score (nSPS) is 22.4. The molecule has 1 heterocycles. The highest BCUT2D eigenvalue weighted by Gasteiger charge is 2.41. The van der Waals surface area contributed by atoms with Gasteiger partial charge in [-0.2, -0.15) is 0 Å². The van der Waals surface area contributed by atoms with Gasteiger partial charge in [-0.3, -0.25) is 0 Å². The van der Waals surface area contributed by atoms with Gasteiger partial charge in [0.15, 0.2) is 0 Å². The van der Waals surface area contributed by atoms with Crippen LogP contribution >= 0.6 is 0 Å². The third-order valence-corrected chi connectivity index (χ3v) is 6.39. The number of rotatable bonds is 3. The van der Waals surface area contributed by atoms with Crippen molar-refractivity contribution in [3.8, 4) is 17.0 Å². The van der Waals surface area contributed by atoms with E-state index in [1.165, 1.54) is 6.33 Å². The summed E-state index contributed by atoms with van der Waals surface area (Å²) in [5.74, 6) is 1.07. The number of alkyl carbamates (subject to hydrolysis) is 1. The molecule has 0 spiro atoms. The van der Waals surface area contributed by atoms with Crippen molar-refractivity contribution in [1.82, 2.24) is 15.3 Å². The molecule has 2 aliphatic rings. The van der Waals surface area contributed by atoms with Gasteiger partial charge in [-0.1, -0.05) is 5.16 Å². The zero-order valence-electron chi connectivity index (χ0n) is 20.4. The molecule has 1 saturated carbocycles. The van der Waals surface area contributed by atoms with Gasteiger partial charge in [0, 0.05) is 28.1 Å². The van der Waals surface area contributed by atoms with Gasteiger partial charge in [-0.05, 0) is 78.5 Å². The van der Waals surface area contributed by atoms with Crippen LogP contribution < -0.4 is 15.8 Å². The van der Waals surface area contributed by atoms with Crippen molar-refractivity contribution >= 4 is 17.6 Å². The van der Waals surface area contributed by atoms with E-state index in [0.717, 1.165) is 48.1 Å². The van der Waals surface area contributed by atoms with Gasteiger partial charge in [0.25, 0.3) is 0 Å². The molecule has 0 unspecified atom stereocenters. The van der Waals surface area contributed by atoms with E-state index in [4.69, 9.17) is 15.2 Å². The van der Waals surface area contributed by atoms with E-state index >= 15 is 0 Å². The molecule has 2 aromatic rings. The summed E-state index contributed by atoms with van der Waals surface area (Å²) in [6.07, 6.45) is 4.36. The number of carbonyl (C=O) groups excluding carboxylic acids is 1. The Bertz CT molecular complexity index is 1110. The lowest BCUT2D eigenvalue weighted by molar-refractivity contribution is 0.0471. The Kier molecular flexibility index (Phi) is 6.14. The highest BCUT2D eigenvalue weighted by Crippen LogP contribution is 2.45. The van der Waals surface area contributed by atoms with Crippen LogP contribution in [0.15, 0.2) is 29.7 Å². The zero-order chi connectivity index (χ0) is 24.7. The molecule has 0 saturated heterocycles. The second-order valence-corrected chi connectivity index (χ2v) is 10.5. The van der Waals surface area contributed by atoms with E-state index in [2.05, 4.69) is 20.4 Å². The number of hydrogen-bond donors (Lipinski definition) is 3. The molecule has 4 N–H and O–H groups in total. The maximum Gasteiger partial charge on any atom is 0.407 e. The quantitative estimate of drug-likeness (QED) is 0.450. The van der Waals surface area contributed by atoms with E-state index in [9.17, 15) is 10.0 Å². The number of nitrogens with one attached hydrogen (secondary N) is 1. The van der Waals surface area contributed by atoms with Crippen molar-refractivity contribution in [2.45, 2.75) is 83.5 Å². The largest absolute Gasteiger partial charge is 0.490 e. The van der Waals surface area contributed by atoms with Crippen LogP contribution in [0, 0.1) is 0 Å². The number of ether oxygens (including phenoxy) is 2. The topological polar surface area (TPSA) is 132 Å². The van der Waals surface area contributed by atoms with Crippen LogP contribution in [0.25, 0.3) is 11.3 Å². The minimum Gasteiger partial charge on any atom is -0.490 e. The first kappa shape index (κ1) is 23.8. The Morgan fingerprint density at radius 3 is 2.53 bits per heavy atom. The molecule has 9 nitrogen and oxygen atoms in total. The summed E-state index contributed by atoms with van der Waals surface area (Å²) in [5.41, 5.74) is 8.55. The van der Waals surface area contributed by atoms with Gasteiger partial charge in [-0.15, -0.1) is 0 Å². The van der Waals surface area contributed by atoms with Gasteiger partial charge in [0.05, 0.1) is 17.5 Å². The molecular formula is C25H33N5O4. The lowest BCUT2D eigenvalue weighted by atomic mass is 9.70. The van der Waals surface area contributed by atoms with Crippen molar-refractivity contribution in [3.63, 3.8) is 0 Å². The minimum atomic E-state index is -0.674. The third-order valence-electron chi connectivity index (χ3n) is 6.39. The van der Waals surface area contributed by atoms with Crippen LogP contribution in [0.2, 0.25) is 0 Å².